The average Bonchev–Trinajstić information content (AvgIpc) is 2.88. The Morgan fingerprint density at radius 2 is 2.15 bits per heavy atom. The van der Waals surface area contributed by atoms with Crippen LogP contribution in [0.15, 0.2) is 46.3 Å². The number of nitrogens with zero attached hydrogens (tertiary/aromatic N) is 4. The Morgan fingerprint density at radius 3 is 2.80 bits per heavy atom. The quantitative estimate of drug-likeness (QED) is 0.559. The van der Waals surface area contributed by atoms with E-state index in [2.05, 4.69) is 10.3 Å². The fourth-order valence-electron chi connectivity index (χ4n) is 1.88. The summed E-state index contributed by atoms with van der Waals surface area (Å²) >= 11 is 1.49. The maximum absolute atomic E-state index is 11.7. The van der Waals surface area contributed by atoms with Gasteiger partial charge < -0.3 is 5.21 Å². The zero-order chi connectivity index (χ0) is 14.1. The lowest BCUT2D eigenvalue weighted by atomic mass is 10.2. The van der Waals surface area contributed by atoms with Gasteiger partial charge in [-0.05, 0) is 17.7 Å². The van der Waals surface area contributed by atoms with Gasteiger partial charge in [0, 0.05) is 12.8 Å². The number of nitrogens with one attached hydrogen (secondary N) is 1. The van der Waals surface area contributed by atoms with Crippen LogP contribution in [0.25, 0.3) is 5.69 Å². The molecule has 0 spiro atoms. The highest BCUT2D eigenvalue weighted by Gasteiger charge is 2.11. The van der Waals surface area contributed by atoms with E-state index in [4.69, 9.17) is 5.21 Å². The highest BCUT2D eigenvalue weighted by molar-refractivity contribution is 7.98. The van der Waals surface area contributed by atoms with Gasteiger partial charge in [0.15, 0.2) is 0 Å². The van der Waals surface area contributed by atoms with E-state index in [0.29, 0.717) is 5.75 Å². The Bertz CT molecular complexity index is 782. The van der Waals surface area contributed by atoms with Crippen LogP contribution in [0, 0.1) is 0 Å². The maximum Gasteiger partial charge on any atom is 0.364 e. The average molecular weight is 291 g/mol. The lowest BCUT2D eigenvalue weighted by molar-refractivity contribution is 0.145. The molecule has 0 aliphatic rings. The number of benzene rings is 1. The minimum absolute atomic E-state index is 0.0953. The van der Waals surface area contributed by atoms with Crippen molar-refractivity contribution in [2.24, 2.45) is 7.05 Å². The monoisotopic (exact) mass is 291 g/mol. The lowest BCUT2D eigenvalue weighted by Crippen LogP contribution is -2.40. The molecule has 0 radical (unpaired) electrons. The Labute approximate surface area is 118 Å². The number of para-hydroxylation sites is 1. The summed E-state index contributed by atoms with van der Waals surface area (Å²) in [6.45, 7) is 0. The Hall–Kier alpha value is -2.35. The van der Waals surface area contributed by atoms with Crippen LogP contribution in [-0.4, -0.2) is 29.7 Å². The van der Waals surface area contributed by atoms with E-state index >= 15 is 0 Å². The zero-order valence-corrected chi connectivity index (χ0v) is 11.5. The van der Waals surface area contributed by atoms with Crippen molar-refractivity contribution >= 4 is 11.8 Å². The van der Waals surface area contributed by atoms with Crippen LogP contribution >= 0.6 is 11.8 Å². The Balaban J connectivity index is 1.84. The van der Waals surface area contributed by atoms with E-state index in [9.17, 15) is 4.79 Å². The predicted molar refractivity (Wildman–Crippen MR) is 74.3 cm³/mol. The molecule has 3 aromatic rings. The third kappa shape index (κ3) is 2.25. The van der Waals surface area contributed by atoms with Gasteiger partial charge in [-0.15, -0.1) is 9.94 Å². The third-order valence-electron chi connectivity index (χ3n) is 2.89. The molecule has 0 fully saturated rings. The molecular weight excluding hydrogens is 278 g/mol. The molecule has 1 aromatic carbocycles. The summed E-state index contributed by atoms with van der Waals surface area (Å²) in [5.74, 6) is 0.655. The standard InChI is InChI=1S/C12H13N5O2S/c1-15-12(18)17(14-15)10-5-3-2-4-9(10)8-20-11-6-7-16(19)13-11/h2-7,14,19H,8H2,1H3. The molecule has 0 saturated carbocycles. The normalized spacial score (nSPS) is 11.1. The first-order valence-corrected chi connectivity index (χ1v) is 6.93. The summed E-state index contributed by atoms with van der Waals surface area (Å²) < 4.78 is 2.91. The van der Waals surface area contributed by atoms with Crippen LogP contribution in [0.4, 0.5) is 0 Å². The van der Waals surface area contributed by atoms with E-state index < -0.39 is 0 Å². The van der Waals surface area contributed by atoms with Gasteiger partial charge in [-0.1, -0.05) is 30.0 Å². The van der Waals surface area contributed by atoms with Crippen LogP contribution in [-0.2, 0) is 12.8 Å². The van der Waals surface area contributed by atoms with E-state index in [1.165, 1.54) is 27.3 Å². The molecule has 2 N–H and O–H groups in total. The molecule has 0 aliphatic carbocycles. The summed E-state index contributed by atoms with van der Waals surface area (Å²) in [4.78, 5) is 12.5. The van der Waals surface area contributed by atoms with E-state index in [1.807, 2.05) is 24.3 Å². The summed E-state index contributed by atoms with van der Waals surface area (Å²) in [5.41, 5.74) is 1.74. The number of hydrogen-bond acceptors (Lipinski definition) is 4. The first kappa shape index (κ1) is 12.7. The van der Waals surface area contributed by atoms with Gasteiger partial charge in [-0.2, -0.15) is 4.68 Å². The van der Waals surface area contributed by atoms with Crippen molar-refractivity contribution in [3.8, 4) is 5.69 Å². The fourth-order valence-corrected chi connectivity index (χ4v) is 2.72. The van der Waals surface area contributed by atoms with E-state index in [-0.39, 0.29) is 5.69 Å². The number of hydrogen-bond donors (Lipinski definition) is 2. The Morgan fingerprint density at radius 1 is 1.35 bits per heavy atom. The van der Waals surface area contributed by atoms with Crippen molar-refractivity contribution < 1.29 is 5.21 Å². The molecule has 7 nitrogen and oxygen atoms in total. The highest BCUT2D eigenvalue weighted by Crippen LogP contribution is 2.23. The number of H-pyrrole nitrogens is 1. The van der Waals surface area contributed by atoms with Gasteiger partial charge in [0.25, 0.3) is 0 Å². The second-order valence-electron chi connectivity index (χ2n) is 4.27. The molecule has 3 rings (SSSR count). The number of aromatic nitrogens is 5. The lowest BCUT2D eigenvalue weighted by Gasteiger charge is -2.16. The molecule has 104 valence electrons. The molecule has 0 atom stereocenters. The van der Waals surface area contributed by atoms with Crippen molar-refractivity contribution in [3.05, 3.63) is 52.6 Å². The molecule has 0 amide bonds. The van der Waals surface area contributed by atoms with Gasteiger partial charge in [-0.3, -0.25) is 0 Å². The first-order chi connectivity index (χ1) is 9.65. The molecule has 0 saturated heterocycles. The zero-order valence-electron chi connectivity index (χ0n) is 10.7. The molecular formula is C12H13N5O2S. The smallest absolute Gasteiger partial charge is 0.364 e. The van der Waals surface area contributed by atoms with Crippen molar-refractivity contribution in [2.45, 2.75) is 10.8 Å². The predicted octanol–water partition coefficient (Wildman–Crippen LogP) is 1.23. The van der Waals surface area contributed by atoms with Gasteiger partial charge in [-0.25, -0.2) is 14.7 Å². The van der Waals surface area contributed by atoms with Crippen molar-refractivity contribution in [1.29, 1.82) is 0 Å². The van der Waals surface area contributed by atoms with Gasteiger partial charge >= 0.3 is 5.69 Å². The van der Waals surface area contributed by atoms with Crippen LogP contribution in [0.5, 0.6) is 0 Å². The van der Waals surface area contributed by atoms with Crippen LogP contribution < -0.4 is 5.69 Å². The second-order valence-corrected chi connectivity index (χ2v) is 5.26. The van der Waals surface area contributed by atoms with Crippen LogP contribution in [0.1, 0.15) is 5.56 Å². The second kappa shape index (κ2) is 4.97. The molecule has 0 bridgehead atoms. The summed E-state index contributed by atoms with van der Waals surface area (Å²) in [6, 6.07) is 9.40. The summed E-state index contributed by atoms with van der Waals surface area (Å²) in [7, 11) is 1.67. The van der Waals surface area contributed by atoms with Crippen molar-refractivity contribution in [1.82, 2.24) is 24.5 Å². The molecule has 0 unspecified atom stereocenters. The molecule has 8 heteroatoms. The highest BCUT2D eigenvalue weighted by atomic mass is 32.2. The topological polar surface area (TPSA) is 80.8 Å². The van der Waals surface area contributed by atoms with Crippen molar-refractivity contribution in [2.75, 3.05) is 0 Å². The minimum atomic E-state index is -0.0953. The molecule has 20 heavy (non-hydrogen) atoms. The number of rotatable bonds is 4. The minimum Gasteiger partial charge on any atom is -0.412 e. The van der Waals surface area contributed by atoms with Gasteiger partial charge in [0.05, 0.1) is 11.9 Å². The first-order valence-electron chi connectivity index (χ1n) is 5.95. The summed E-state index contributed by atoms with van der Waals surface area (Å²) in [5, 5.41) is 16.6. The molecule has 2 aromatic heterocycles. The van der Waals surface area contributed by atoms with Gasteiger partial charge in [0.2, 0.25) is 0 Å². The van der Waals surface area contributed by atoms with E-state index in [1.54, 1.807) is 13.1 Å². The SMILES string of the molecule is Cn1[nH]n(-c2ccccc2CSc2ccn(O)n2)c1=O. The number of aryl methyl sites for hydroxylation is 1. The largest absolute Gasteiger partial charge is 0.412 e. The van der Waals surface area contributed by atoms with Crippen LogP contribution in [0.2, 0.25) is 0 Å². The number of aromatic amines is 1. The fraction of sp³-hybridized carbons (Fsp3) is 0.167. The van der Waals surface area contributed by atoms with E-state index in [0.717, 1.165) is 21.1 Å². The van der Waals surface area contributed by atoms with Gasteiger partial charge in [0.1, 0.15) is 5.03 Å². The van der Waals surface area contributed by atoms with Crippen LogP contribution in [0.3, 0.4) is 0 Å². The molecule has 0 aliphatic heterocycles. The summed E-state index contributed by atoms with van der Waals surface area (Å²) in [6.07, 6.45) is 1.48. The number of thioether (sulfide) groups is 1. The molecule has 2 heterocycles. The van der Waals surface area contributed by atoms with Crippen molar-refractivity contribution in [3.63, 3.8) is 0 Å². The Kier molecular flexibility index (Phi) is 3.15. The maximum atomic E-state index is 11.7. The third-order valence-corrected chi connectivity index (χ3v) is 3.86.